The van der Waals surface area contributed by atoms with Gasteiger partial charge in [0.05, 0.1) is 12.5 Å². The van der Waals surface area contributed by atoms with Crippen molar-refractivity contribution in [3.63, 3.8) is 0 Å². The Morgan fingerprint density at radius 2 is 2.43 bits per heavy atom. The standard InChI is InChI=1S/C11H17NO2/c1-8(2)11(13)14-7-9-3-5-10(12)6-4-9/h3,5-6,8-9H,4,7,12H2,1-2H3. The molecular weight excluding hydrogens is 178 g/mol. The molecule has 0 aromatic heterocycles. The molecule has 0 saturated heterocycles. The molecular formula is C11H17NO2. The first-order valence-electron chi connectivity index (χ1n) is 4.90. The summed E-state index contributed by atoms with van der Waals surface area (Å²) in [6, 6.07) is 0. The van der Waals surface area contributed by atoms with Crippen LogP contribution in [0.5, 0.6) is 0 Å². The number of rotatable bonds is 3. The average molecular weight is 195 g/mol. The van der Waals surface area contributed by atoms with Crippen molar-refractivity contribution < 1.29 is 9.53 Å². The molecule has 0 radical (unpaired) electrons. The van der Waals surface area contributed by atoms with E-state index in [-0.39, 0.29) is 17.8 Å². The van der Waals surface area contributed by atoms with Crippen molar-refractivity contribution in [3.05, 3.63) is 23.9 Å². The van der Waals surface area contributed by atoms with Crippen LogP contribution in [-0.2, 0) is 9.53 Å². The van der Waals surface area contributed by atoms with Crippen molar-refractivity contribution in [1.82, 2.24) is 0 Å². The quantitative estimate of drug-likeness (QED) is 0.696. The molecule has 1 aliphatic rings. The summed E-state index contributed by atoms with van der Waals surface area (Å²) in [5, 5.41) is 0. The molecule has 2 N–H and O–H groups in total. The van der Waals surface area contributed by atoms with Gasteiger partial charge >= 0.3 is 5.97 Å². The Balaban J connectivity index is 2.28. The topological polar surface area (TPSA) is 52.3 Å². The van der Waals surface area contributed by atoms with Gasteiger partial charge in [-0.15, -0.1) is 0 Å². The minimum absolute atomic E-state index is 0.0526. The van der Waals surface area contributed by atoms with Crippen molar-refractivity contribution >= 4 is 5.97 Å². The van der Waals surface area contributed by atoms with Gasteiger partial charge in [0.2, 0.25) is 0 Å². The normalized spacial score (nSPS) is 20.8. The predicted octanol–water partition coefficient (Wildman–Crippen LogP) is 1.60. The fraction of sp³-hybridized carbons (Fsp3) is 0.545. The second-order valence-electron chi connectivity index (χ2n) is 3.84. The van der Waals surface area contributed by atoms with Crippen LogP contribution in [0, 0.1) is 11.8 Å². The van der Waals surface area contributed by atoms with E-state index in [1.54, 1.807) is 0 Å². The van der Waals surface area contributed by atoms with E-state index in [2.05, 4.69) is 0 Å². The van der Waals surface area contributed by atoms with Crippen molar-refractivity contribution in [2.75, 3.05) is 6.61 Å². The van der Waals surface area contributed by atoms with Gasteiger partial charge in [-0.25, -0.2) is 0 Å². The number of ether oxygens (including phenoxy) is 1. The number of hydrogen-bond donors (Lipinski definition) is 1. The molecule has 3 heteroatoms. The van der Waals surface area contributed by atoms with E-state index in [1.165, 1.54) is 0 Å². The second-order valence-corrected chi connectivity index (χ2v) is 3.84. The SMILES string of the molecule is CC(C)C(=O)OCC1C=CC(N)=CC1. The van der Waals surface area contributed by atoms with Crippen LogP contribution >= 0.6 is 0 Å². The molecule has 1 aliphatic carbocycles. The number of carbonyl (C=O) groups excluding carboxylic acids is 1. The van der Waals surface area contributed by atoms with Crippen molar-refractivity contribution in [3.8, 4) is 0 Å². The summed E-state index contributed by atoms with van der Waals surface area (Å²) in [6.45, 7) is 4.12. The number of carbonyl (C=O) groups is 1. The fourth-order valence-electron chi connectivity index (χ4n) is 1.16. The zero-order chi connectivity index (χ0) is 10.6. The van der Waals surface area contributed by atoms with Crippen LogP contribution in [0.2, 0.25) is 0 Å². The molecule has 1 rings (SSSR count). The molecule has 1 atom stereocenters. The third-order valence-corrected chi connectivity index (χ3v) is 2.13. The lowest BCUT2D eigenvalue weighted by Gasteiger charge is -2.15. The molecule has 0 amide bonds. The lowest BCUT2D eigenvalue weighted by molar-refractivity contribution is -0.148. The lowest BCUT2D eigenvalue weighted by atomic mass is 10.0. The second kappa shape index (κ2) is 4.84. The first-order chi connectivity index (χ1) is 6.59. The van der Waals surface area contributed by atoms with Crippen LogP contribution < -0.4 is 5.73 Å². The minimum Gasteiger partial charge on any atom is -0.465 e. The largest absolute Gasteiger partial charge is 0.465 e. The number of allylic oxidation sites excluding steroid dienone is 2. The van der Waals surface area contributed by atoms with Gasteiger partial charge in [-0.1, -0.05) is 26.0 Å². The zero-order valence-electron chi connectivity index (χ0n) is 8.69. The Morgan fingerprint density at radius 1 is 1.71 bits per heavy atom. The van der Waals surface area contributed by atoms with Gasteiger partial charge < -0.3 is 10.5 Å². The maximum Gasteiger partial charge on any atom is 0.308 e. The van der Waals surface area contributed by atoms with Crippen LogP contribution in [0.3, 0.4) is 0 Å². The van der Waals surface area contributed by atoms with Crippen molar-refractivity contribution in [2.24, 2.45) is 17.6 Å². The van der Waals surface area contributed by atoms with Gasteiger partial charge in [-0.05, 0) is 12.5 Å². The fourth-order valence-corrected chi connectivity index (χ4v) is 1.16. The smallest absolute Gasteiger partial charge is 0.308 e. The lowest BCUT2D eigenvalue weighted by Crippen LogP contribution is -2.17. The predicted molar refractivity (Wildman–Crippen MR) is 55.3 cm³/mol. The third kappa shape index (κ3) is 3.24. The Hall–Kier alpha value is -1.25. The van der Waals surface area contributed by atoms with E-state index in [9.17, 15) is 4.79 Å². The molecule has 0 fully saturated rings. The number of nitrogens with two attached hydrogens (primary N) is 1. The molecule has 0 saturated carbocycles. The van der Waals surface area contributed by atoms with Gasteiger partial charge in [0, 0.05) is 11.6 Å². The first kappa shape index (κ1) is 10.8. The molecule has 0 spiro atoms. The van der Waals surface area contributed by atoms with E-state index in [4.69, 9.17) is 10.5 Å². The summed E-state index contributed by atoms with van der Waals surface area (Å²) in [4.78, 5) is 11.2. The molecule has 14 heavy (non-hydrogen) atoms. The Kier molecular flexibility index (Phi) is 3.74. The van der Waals surface area contributed by atoms with Gasteiger partial charge in [0.15, 0.2) is 0 Å². The first-order valence-corrected chi connectivity index (χ1v) is 4.90. The average Bonchev–Trinajstić information content (AvgIpc) is 2.16. The number of hydrogen-bond acceptors (Lipinski definition) is 3. The van der Waals surface area contributed by atoms with Gasteiger partial charge in [0.1, 0.15) is 0 Å². The van der Waals surface area contributed by atoms with Gasteiger partial charge in [-0.3, -0.25) is 4.79 Å². The molecule has 1 unspecified atom stereocenters. The molecule has 78 valence electrons. The van der Waals surface area contributed by atoms with Crippen molar-refractivity contribution in [1.29, 1.82) is 0 Å². The summed E-state index contributed by atoms with van der Waals surface area (Å²) in [5.41, 5.74) is 6.36. The molecule has 3 nitrogen and oxygen atoms in total. The summed E-state index contributed by atoms with van der Waals surface area (Å²) in [5.74, 6) is 0.0918. The maximum atomic E-state index is 11.2. The highest BCUT2D eigenvalue weighted by Gasteiger charge is 2.12. The highest BCUT2D eigenvalue weighted by molar-refractivity contribution is 5.71. The Morgan fingerprint density at radius 3 is 2.93 bits per heavy atom. The summed E-state index contributed by atoms with van der Waals surface area (Å²) in [6.07, 6.45) is 6.65. The molecule has 0 aliphatic heterocycles. The Bertz CT molecular complexity index is 266. The molecule has 0 aromatic carbocycles. The summed E-state index contributed by atoms with van der Waals surface area (Å²) in [7, 11) is 0. The van der Waals surface area contributed by atoms with E-state index < -0.39 is 0 Å². The van der Waals surface area contributed by atoms with Crippen LogP contribution in [0.4, 0.5) is 0 Å². The highest BCUT2D eigenvalue weighted by atomic mass is 16.5. The zero-order valence-corrected chi connectivity index (χ0v) is 8.69. The minimum atomic E-state index is -0.138. The van der Waals surface area contributed by atoms with Crippen molar-refractivity contribution in [2.45, 2.75) is 20.3 Å². The molecule has 0 heterocycles. The summed E-state index contributed by atoms with van der Waals surface area (Å²) >= 11 is 0. The summed E-state index contributed by atoms with van der Waals surface area (Å²) < 4.78 is 5.12. The van der Waals surface area contributed by atoms with E-state index >= 15 is 0 Å². The van der Waals surface area contributed by atoms with Crippen LogP contribution in [0.15, 0.2) is 23.9 Å². The Labute approximate surface area is 84.6 Å². The molecule has 0 bridgehead atoms. The van der Waals surface area contributed by atoms with Crippen LogP contribution in [0.25, 0.3) is 0 Å². The van der Waals surface area contributed by atoms with E-state index in [1.807, 2.05) is 32.1 Å². The third-order valence-electron chi connectivity index (χ3n) is 2.13. The van der Waals surface area contributed by atoms with E-state index in [0.29, 0.717) is 6.61 Å². The van der Waals surface area contributed by atoms with Gasteiger partial charge in [-0.2, -0.15) is 0 Å². The molecule has 0 aromatic rings. The maximum absolute atomic E-state index is 11.2. The highest BCUT2D eigenvalue weighted by Crippen LogP contribution is 2.14. The van der Waals surface area contributed by atoms with Gasteiger partial charge in [0.25, 0.3) is 0 Å². The monoisotopic (exact) mass is 195 g/mol. The van der Waals surface area contributed by atoms with Crippen LogP contribution in [-0.4, -0.2) is 12.6 Å². The van der Waals surface area contributed by atoms with Crippen LogP contribution in [0.1, 0.15) is 20.3 Å². The number of esters is 1. The van der Waals surface area contributed by atoms with E-state index in [0.717, 1.165) is 12.1 Å².